The molecule has 2 saturated heterocycles. The monoisotopic (exact) mass is 730 g/mol. The van der Waals surface area contributed by atoms with Crippen molar-refractivity contribution < 1.29 is 24.4 Å². The topological polar surface area (TPSA) is 103 Å². The van der Waals surface area contributed by atoms with Crippen molar-refractivity contribution in [2.24, 2.45) is 0 Å². The van der Waals surface area contributed by atoms with Gasteiger partial charge in [-0.2, -0.15) is 0 Å². The summed E-state index contributed by atoms with van der Waals surface area (Å²) in [5.41, 5.74) is 7.25. The number of aliphatic hydroxyl groups is 2. The minimum absolute atomic E-state index is 0.287. The Balaban J connectivity index is 1.02. The Bertz CT molecular complexity index is 2160. The van der Waals surface area contributed by atoms with E-state index in [0.717, 1.165) is 40.3 Å². The van der Waals surface area contributed by atoms with Crippen molar-refractivity contribution in [2.75, 3.05) is 11.9 Å². The van der Waals surface area contributed by atoms with Gasteiger partial charge in [-0.3, -0.25) is 4.57 Å². The van der Waals surface area contributed by atoms with Gasteiger partial charge in [-0.25, -0.2) is 4.98 Å². The van der Waals surface area contributed by atoms with Gasteiger partial charge in [-0.15, -0.1) is 0 Å². The first-order chi connectivity index (χ1) is 26.5. The molecule has 4 aromatic carbocycles. The lowest BCUT2D eigenvalue weighted by molar-refractivity contribution is -0.317. The number of unbranched alkanes of at least 4 members (excludes halogenated alkanes) is 9. The second kappa shape index (κ2) is 16.6. The van der Waals surface area contributed by atoms with Crippen LogP contribution in [0.15, 0.2) is 91.0 Å². The third kappa shape index (κ3) is 7.53. The molecule has 0 spiro atoms. The van der Waals surface area contributed by atoms with Crippen LogP contribution in [0, 0.1) is 0 Å². The van der Waals surface area contributed by atoms with Crippen molar-refractivity contribution in [1.29, 1.82) is 0 Å². The number of anilines is 1. The zero-order chi connectivity index (χ0) is 37.0. The van der Waals surface area contributed by atoms with Crippen molar-refractivity contribution in [3.8, 4) is 17.1 Å². The fourth-order valence-electron chi connectivity index (χ4n) is 8.40. The van der Waals surface area contributed by atoms with Crippen molar-refractivity contribution >= 4 is 38.5 Å². The van der Waals surface area contributed by atoms with E-state index in [0.29, 0.717) is 0 Å². The highest BCUT2D eigenvalue weighted by Crippen LogP contribution is 2.36. The van der Waals surface area contributed by atoms with Crippen molar-refractivity contribution in [3.05, 3.63) is 91.0 Å². The Morgan fingerprint density at radius 2 is 1.41 bits per heavy atom. The number of aliphatic hydroxyl groups excluding tert-OH is 2. The summed E-state index contributed by atoms with van der Waals surface area (Å²) in [4.78, 5) is 5.17. The van der Waals surface area contributed by atoms with Crippen LogP contribution >= 0.6 is 0 Å². The van der Waals surface area contributed by atoms with E-state index in [1.165, 1.54) is 86.0 Å². The van der Waals surface area contributed by atoms with Gasteiger partial charge >= 0.3 is 0 Å². The quantitative estimate of drug-likeness (QED) is 0.0906. The SMILES string of the molecule is CCCCCCCCCCCCn1c2ccccc2c2cc(-c3nc4ccccc4n3-c3ccc(N[C@@H]4O[C@@H]5COC(C)O[C@H]5[C@H](O)[C@H]4O)cc3)ccc21. The summed E-state index contributed by atoms with van der Waals surface area (Å²) in [6.45, 7) is 5.35. The highest BCUT2D eigenvalue weighted by atomic mass is 16.7. The molecule has 0 bridgehead atoms. The Morgan fingerprint density at radius 1 is 0.722 bits per heavy atom. The summed E-state index contributed by atoms with van der Waals surface area (Å²) in [7, 11) is 0. The molecule has 6 aromatic rings. The van der Waals surface area contributed by atoms with Crippen LogP contribution in [0.4, 0.5) is 5.69 Å². The minimum Gasteiger partial charge on any atom is -0.387 e. The maximum absolute atomic E-state index is 10.9. The van der Waals surface area contributed by atoms with Crippen LogP contribution in [0.2, 0.25) is 0 Å². The minimum atomic E-state index is -1.17. The first-order valence-electron chi connectivity index (χ1n) is 20.1. The molecule has 2 aliphatic heterocycles. The van der Waals surface area contributed by atoms with E-state index >= 15 is 0 Å². The van der Waals surface area contributed by atoms with Crippen LogP contribution in [0.5, 0.6) is 0 Å². The number of aryl methyl sites for hydroxylation is 1. The van der Waals surface area contributed by atoms with E-state index < -0.39 is 36.9 Å². The molecule has 9 nitrogen and oxygen atoms in total. The molecule has 0 radical (unpaired) electrons. The second-order valence-electron chi connectivity index (χ2n) is 15.1. The summed E-state index contributed by atoms with van der Waals surface area (Å²) in [6.07, 6.45) is 8.63. The highest BCUT2D eigenvalue weighted by Gasteiger charge is 2.48. The maximum Gasteiger partial charge on any atom is 0.157 e. The molecular formula is C45H54N4O5. The van der Waals surface area contributed by atoms with Crippen LogP contribution in [0.25, 0.3) is 49.9 Å². The van der Waals surface area contributed by atoms with E-state index in [9.17, 15) is 10.2 Å². The zero-order valence-corrected chi connectivity index (χ0v) is 31.6. The lowest BCUT2D eigenvalue weighted by Crippen LogP contribution is -2.64. The van der Waals surface area contributed by atoms with Crippen LogP contribution in [0.1, 0.15) is 78.1 Å². The summed E-state index contributed by atoms with van der Waals surface area (Å²) < 4.78 is 22.1. The molecule has 0 saturated carbocycles. The van der Waals surface area contributed by atoms with Gasteiger partial charge in [-0.05, 0) is 74.0 Å². The molecule has 2 aromatic heterocycles. The Morgan fingerprint density at radius 3 is 2.19 bits per heavy atom. The van der Waals surface area contributed by atoms with E-state index in [4.69, 9.17) is 19.2 Å². The summed E-state index contributed by atoms with van der Waals surface area (Å²) in [5, 5.41) is 27.5. The highest BCUT2D eigenvalue weighted by molar-refractivity contribution is 6.09. The second-order valence-corrected chi connectivity index (χ2v) is 15.1. The third-order valence-electron chi connectivity index (χ3n) is 11.3. The predicted molar refractivity (Wildman–Crippen MR) is 216 cm³/mol. The molecular weight excluding hydrogens is 677 g/mol. The average molecular weight is 731 g/mol. The summed E-state index contributed by atoms with van der Waals surface area (Å²) >= 11 is 0. The van der Waals surface area contributed by atoms with Crippen molar-refractivity contribution in [1.82, 2.24) is 14.1 Å². The Labute approximate surface area is 317 Å². The average Bonchev–Trinajstić information content (AvgIpc) is 3.74. The Hall–Kier alpha value is -4.25. The number of aromatic nitrogens is 3. The lowest BCUT2D eigenvalue weighted by Gasteiger charge is -2.46. The normalized spacial score (nSPS) is 23.0. The number of para-hydroxylation sites is 3. The van der Waals surface area contributed by atoms with Gasteiger partial charge in [-0.1, -0.05) is 95.0 Å². The number of ether oxygens (including phenoxy) is 3. The molecule has 0 aliphatic carbocycles. The molecule has 1 unspecified atom stereocenters. The number of nitrogens with zero attached hydrogens (tertiary/aromatic N) is 3. The number of imidazole rings is 1. The van der Waals surface area contributed by atoms with Crippen molar-refractivity contribution in [2.45, 2.75) is 122 Å². The fraction of sp³-hybridized carbons (Fsp3) is 0.444. The molecule has 8 rings (SSSR count). The first kappa shape index (κ1) is 36.7. The number of hydrogen-bond donors (Lipinski definition) is 3. The fourth-order valence-corrected chi connectivity index (χ4v) is 8.40. The zero-order valence-electron chi connectivity index (χ0n) is 31.6. The van der Waals surface area contributed by atoms with Crippen molar-refractivity contribution in [3.63, 3.8) is 0 Å². The molecule has 3 N–H and O–H groups in total. The smallest absolute Gasteiger partial charge is 0.157 e. The number of fused-ring (bicyclic) bond motifs is 5. The van der Waals surface area contributed by atoms with E-state index in [-0.39, 0.29) is 6.61 Å². The molecule has 54 heavy (non-hydrogen) atoms. The van der Waals surface area contributed by atoms with E-state index in [1.807, 2.05) is 36.4 Å². The molecule has 4 heterocycles. The first-order valence-corrected chi connectivity index (χ1v) is 20.1. The number of hydrogen-bond acceptors (Lipinski definition) is 7. The van der Waals surface area contributed by atoms with E-state index in [2.05, 4.69) is 76.0 Å². The number of benzene rings is 4. The van der Waals surface area contributed by atoms with Gasteiger partial charge in [0.05, 0.1) is 17.6 Å². The van der Waals surface area contributed by atoms with Gasteiger partial charge in [0.1, 0.15) is 30.2 Å². The largest absolute Gasteiger partial charge is 0.387 e. The van der Waals surface area contributed by atoms with Crippen LogP contribution in [-0.4, -0.2) is 67.9 Å². The summed E-state index contributed by atoms with van der Waals surface area (Å²) in [6, 6.07) is 31.8. The van der Waals surface area contributed by atoms with Gasteiger partial charge in [0.15, 0.2) is 12.5 Å². The van der Waals surface area contributed by atoms with Crippen LogP contribution in [-0.2, 0) is 20.8 Å². The molecule has 0 amide bonds. The molecule has 6 atom stereocenters. The molecule has 2 fully saturated rings. The molecule has 9 heteroatoms. The van der Waals surface area contributed by atoms with Crippen LogP contribution < -0.4 is 5.32 Å². The Kier molecular flexibility index (Phi) is 11.3. The predicted octanol–water partition coefficient (Wildman–Crippen LogP) is 9.34. The number of rotatable bonds is 15. The maximum atomic E-state index is 10.9. The third-order valence-corrected chi connectivity index (χ3v) is 11.3. The molecule has 284 valence electrons. The lowest BCUT2D eigenvalue weighted by atomic mass is 9.97. The summed E-state index contributed by atoms with van der Waals surface area (Å²) in [5.74, 6) is 0.872. The van der Waals surface area contributed by atoms with Gasteiger partial charge in [0.25, 0.3) is 0 Å². The van der Waals surface area contributed by atoms with Gasteiger partial charge in [0, 0.05) is 45.3 Å². The van der Waals surface area contributed by atoms with Crippen LogP contribution in [0.3, 0.4) is 0 Å². The van der Waals surface area contributed by atoms with E-state index in [1.54, 1.807) is 6.92 Å². The number of nitrogens with one attached hydrogen (secondary N) is 1. The van der Waals surface area contributed by atoms with Gasteiger partial charge < -0.3 is 34.3 Å². The molecule has 2 aliphatic rings. The van der Waals surface area contributed by atoms with Gasteiger partial charge in [0.2, 0.25) is 0 Å². The standard InChI is InChI=1S/C45H54N4O5/c1-3-4-5-6-7-8-9-10-11-16-27-48-37-19-14-12-17-34(37)35-28-31(21-26-38(35)48)44-47-36-18-13-15-20-39(36)49(44)33-24-22-32(23-25-33)46-45-42(51)41(50)43-40(54-45)29-52-30(2)53-43/h12-15,17-26,28,30,40-43,45-46,50-51H,3-11,16,27,29H2,1-2H3/t30?,40-,41-,42-,43-,45-/m1/s1.